The monoisotopic (exact) mass is 369 g/mol. The summed E-state index contributed by atoms with van der Waals surface area (Å²) in [5.74, 6) is 0.880. The molecule has 3 N–H and O–H groups in total. The van der Waals surface area contributed by atoms with E-state index in [-0.39, 0.29) is 36.2 Å². The molecule has 140 valence electrons. The molecule has 1 fully saturated rings. The van der Waals surface area contributed by atoms with Crippen LogP contribution in [0.4, 0.5) is 0 Å². The number of para-hydroxylation sites is 1. The molecular formula is C18H28ClN3O3. The fraction of sp³-hybridized carbons (Fsp3) is 0.556. The van der Waals surface area contributed by atoms with Gasteiger partial charge in [0.15, 0.2) is 0 Å². The largest absolute Gasteiger partial charge is 0.493 e. The van der Waals surface area contributed by atoms with Crippen LogP contribution < -0.4 is 15.8 Å². The average Bonchev–Trinajstić information content (AvgIpc) is 2.62. The van der Waals surface area contributed by atoms with Gasteiger partial charge < -0.3 is 20.7 Å². The number of nitrogens with zero attached hydrogens (tertiary/aromatic N) is 1. The van der Waals surface area contributed by atoms with Crippen molar-refractivity contribution < 1.29 is 14.3 Å². The molecule has 1 saturated heterocycles. The number of amides is 2. The number of nitrogens with two attached hydrogens (primary N) is 1. The maximum Gasteiger partial charge on any atom is 0.225 e. The van der Waals surface area contributed by atoms with E-state index in [9.17, 15) is 9.59 Å². The summed E-state index contributed by atoms with van der Waals surface area (Å²) in [5.41, 5.74) is 5.52. The second-order valence-electron chi connectivity index (χ2n) is 6.21. The van der Waals surface area contributed by atoms with Crippen molar-refractivity contribution in [1.82, 2.24) is 10.2 Å². The minimum atomic E-state index is -0.0244. The zero-order chi connectivity index (χ0) is 17.4. The van der Waals surface area contributed by atoms with Gasteiger partial charge in [-0.1, -0.05) is 18.2 Å². The van der Waals surface area contributed by atoms with Gasteiger partial charge in [0.2, 0.25) is 11.8 Å². The number of rotatable bonds is 7. The van der Waals surface area contributed by atoms with Crippen molar-refractivity contribution in [3.05, 3.63) is 30.3 Å². The number of carbonyl (C=O) groups excluding carboxylic acids is 2. The first-order chi connectivity index (χ1) is 11.6. The highest BCUT2D eigenvalue weighted by Gasteiger charge is 2.27. The van der Waals surface area contributed by atoms with Crippen molar-refractivity contribution in [2.75, 3.05) is 26.2 Å². The minimum Gasteiger partial charge on any atom is -0.493 e. The van der Waals surface area contributed by atoms with Gasteiger partial charge in [0, 0.05) is 31.6 Å². The van der Waals surface area contributed by atoms with Crippen LogP contribution in [0.1, 0.15) is 26.2 Å². The lowest BCUT2D eigenvalue weighted by Crippen LogP contribution is -2.46. The van der Waals surface area contributed by atoms with Gasteiger partial charge in [-0.25, -0.2) is 0 Å². The maximum atomic E-state index is 12.2. The molecule has 25 heavy (non-hydrogen) atoms. The van der Waals surface area contributed by atoms with Crippen molar-refractivity contribution >= 4 is 24.2 Å². The summed E-state index contributed by atoms with van der Waals surface area (Å²) in [7, 11) is 0. The fourth-order valence-electron chi connectivity index (χ4n) is 2.74. The van der Waals surface area contributed by atoms with Gasteiger partial charge in [-0.2, -0.15) is 0 Å². The number of piperidine rings is 1. The van der Waals surface area contributed by atoms with E-state index in [1.54, 1.807) is 0 Å². The highest BCUT2D eigenvalue weighted by atomic mass is 35.5. The smallest absolute Gasteiger partial charge is 0.225 e. The van der Waals surface area contributed by atoms with Crippen LogP contribution in [-0.2, 0) is 9.59 Å². The maximum absolute atomic E-state index is 12.2. The Morgan fingerprint density at radius 1 is 1.28 bits per heavy atom. The van der Waals surface area contributed by atoms with Gasteiger partial charge >= 0.3 is 0 Å². The van der Waals surface area contributed by atoms with Crippen LogP contribution in [0.5, 0.6) is 5.75 Å². The Bertz CT molecular complexity index is 534. The third-order valence-corrected chi connectivity index (χ3v) is 4.29. The Morgan fingerprint density at radius 3 is 2.52 bits per heavy atom. The average molecular weight is 370 g/mol. The molecule has 0 bridgehead atoms. The summed E-state index contributed by atoms with van der Waals surface area (Å²) in [6.07, 6.45) is 1.76. The molecule has 0 radical (unpaired) electrons. The van der Waals surface area contributed by atoms with Gasteiger partial charge in [-0.05, 0) is 31.9 Å². The standard InChI is InChI=1S/C18H27N3O3.ClH/c1-14(13-19)20-18(23)15-7-10-21(11-8-15)17(22)9-12-24-16-5-3-2-4-6-16;/h2-6,14-15H,7-13,19H2,1H3,(H,20,23);1H/t14-;/m0./s1. The third-order valence-electron chi connectivity index (χ3n) is 4.29. The van der Waals surface area contributed by atoms with Crippen LogP contribution in [0.2, 0.25) is 0 Å². The Hall–Kier alpha value is -1.79. The van der Waals surface area contributed by atoms with E-state index in [4.69, 9.17) is 10.5 Å². The van der Waals surface area contributed by atoms with Crippen LogP contribution in [0.15, 0.2) is 30.3 Å². The zero-order valence-corrected chi connectivity index (χ0v) is 15.5. The number of benzene rings is 1. The lowest BCUT2D eigenvalue weighted by atomic mass is 9.95. The second-order valence-corrected chi connectivity index (χ2v) is 6.21. The molecule has 1 aliphatic rings. The Kier molecular flexibility index (Phi) is 9.31. The molecule has 0 spiro atoms. The Morgan fingerprint density at radius 2 is 1.92 bits per heavy atom. The number of ether oxygens (including phenoxy) is 1. The van der Waals surface area contributed by atoms with Gasteiger partial charge in [-0.15, -0.1) is 12.4 Å². The predicted octanol–water partition coefficient (Wildman–Crippen LogP) is 1.58. The van der Waals surface area contributed by atoms with Crippen molar-refractivity contribution in [1.29, 1.82) is 0 Å². The molecule has 7 heteroatoms. The Balaban J connectivity index is 0.00000312. The summed E-state index contributed by atoms with van der Waals surface area (Å²) < 4.78 is 5.56. The molecule has 2 amide bonds. The molecule has 1 heterocycles. The van der Waals surface area contributed by atoms with Crippen LogP contribution in [0.25, 0.3) is 0 Å². The number of halogens is 1. The fourth-order valence-corrected chi connectivity index (χ4v) is 2.74. The number of likely N-dealkylation sites (tertiary alicyclic amines) is 1. The SMILES string of the molecule is C[C@@H](CN)NC(=O)C1CCN(C(=O)CCOc2ccccc2)CC1.Cl. The number of nitrogens with one attached hydrogen (secondary N) is 1. The second kappa shape index (κ2) is 10.9. The highest BCUT2D eigenvalue weighted by molar-refractivity contribution is 5.85. The molecule has 1 aromatic rings. The van der Waals surface area contributed by atoms with E-state index < -0.39 is 0 Å². The van der Waals surface area contributed by atoms with Crippen LogP contribution in [0, 0.1) is 5.92 Å². The van der Waals surface area contributed by atoms with E-state index >= 15 is 0 Å². The molecule has 2 rings (SSSR count). The molecule has 0 saturated carbocycles. The van der Waals surface area contributed by atoms with Crippen molar-refractivity contribution in [3.63, 3.8) is 0 Å². The van der Waals surface area contributed by atoms with Crippen molar-refractivity contribution in [2.45, 2.75) is 32.2 Å². The Labute approximate surface area is 155 Å². The first-order valence-electron chi connectivity index (χ1n) is 8.56. The lowest BCUT2D eigenvalue weighted by molar-refractivity contribution is -0.136. The summed E-state index contributed by atoms with van der Waals surface area (Å²) in [6.45, 7) is 3.95. The lowest BCUT2D eigenvalue weighted by Gasteiger charge is -2.32. The molecule has 0 unspecified atom stereocenters. The zero-order valence-electron chi connectivity index (χ0n) is 14.6. The van der Waals surface area contributed by atoms with Gasteiger partial charge in [0.1, 0.15) is 5.75 Å². The van der Waals surface area contributed by atoms with Crippen molar-refractivity contribution in [2.24, 2.45) is 11.7 Å². The van der Waals surface area contributed by atoms with Gasteiger partial charge in [0.05, 0.1) is 13.0 Å². The third kappa shape index (κ3) is 6.92. The molecule has 0 aromatic heterocycles. The molecular weight excluding hydrogens is 342 g/mol. The summed E-state index contributed by atoms with van der Waals surface area (Å²) in [6, 6.07) is 9.46. The quantitative estimate of drug-likeness (QED) is 0.764. The van der Waals surface area contributed by atoms with E-state index in [1.165, 1.54) is 0 Å². The molecule has 1 atom stereocenters. The highest BCUT2D eigenvalue weighted by Crippen LogP contribution is 2.18. The van der Waals surface area contributed by atoms with Crippen LogP contribution in [-0.4, -0.2) is 49.0 Å². The minimum absolute atomic E-state index is 0. The summed E-state index contributed by atoms with van der Waals surface area (Å²) in [4.78, 5) is 26.1. The number of hydrogen-bond acceptors (Lipinski definition) is 4. The van der Waals surface area contributed by atoms with Crippen LogP contribution in [0.3, 0.4) is 0 Å². The van der Waals surface area contributed by atoms with E-state index in [1.807, 2.05) is 42.2 Å². The molecule has 0 aliphatic carbocycles. The van der Waals surface area contributed by atoms with Gasteiger partial charge in [-0.3, -0.25) is 9.59 Å². The van der Waals surface area contributed by atoms with Crippen molar-refractivity contribution in [3.8, 4) is 5.75 Å². The van der Waals surface area contributed by atoms with E-state index in [0.29, 0.717) is 45.5 Å². The number of carbonyl (C=O) groups is 2. The first kappa shape index (κ1) is 21.3. The first-order valence-corrected chi connectivity index (χ1v) is 8.56. The summed E-state index contributed by atoms with van der Waals surface area (Å²) >= 11 is 0. The molecule has 1 aromatic carbocycles. The summed E-state index contributed by atoms with van der Waals surface area (Å²) in [5, 5.41) is 2.91. The molecule has 1 aliphatic heterocycles. The number of hydrogen-bond donors (Lipinski definition) is 2. The normalized spacial score (nSPS) is 15.8. The topological polar surface area (TPSA) is 84.7 Å². The van der Waals surface area contributed by atoms with E-state index in [0.717, 1.165) is 5.75 Å². The van der Waals surface area contributed by atoms with Gasteiger partial charge in [0.25, 0.3) is 0 Å². The van der Waals surface area contributed by atoms with E-state index in [2.05, 4.69) is 5.32 Å². The molecule has 6 nitrogen and oxygen atoms in total. The predicted molar refractivity (Wildman–Crippen MR) is 99.8 cm³/mol. The van der Waals surface area contributed by atoms with Crippen LogP contribution >= 0.6 is 12.4 Å².